The van der Waals surface area contributed by atoms with Gasteiger partial charge in [-0.05, 0) is 30.9 Å². The van der Waals surface area contributed by atoms with Gasteiger partial charge in [-0.3, -0.25) is 9.97 Å². The summed E-state index contributed by atoms with van der Waals surface area (Å²) in [6.45, 7) is 4.57. The van der Waals surface area contributed by atoms with Crippen molar-refractivity contribution in [2.75, 3.05) is 18.0 Å². The minimum absolute atomic E-state index is 0.766. The summed E-state index contributed by atoms with van der Waals surface area (Å²) in [6, 6.07) is 4.04. The van der Waals surface area contributed by atoms with Crippen LogP contribution in [0.15, 0.2) is 30.7 Å². The molecule has 1 fully saturated rings. The molecule has 2 aromatic rings. The topological polar surface area (TPSA) is 29.0 Å². The molecule has 0 saturated carbocycles. The molecule has 17 heavy (non-hydrogen) atoms. The van der Waals surface area contributed by atoms with E-state index in [1.807, 2.05) is 24.7 Å². The van der Waals surface area contributed by atoms with Gasteiger partial charge in [0.05, 0.1) is 17.4 Å². The van der Waals surface area contributed by atoms with Crippen LogP contribution in [-0.4, -0.2) is 23.1 Å². The summed E-state index contributed by atoms with van der Waals surface area (Å²) in [6.07, 6.45) is 8.30. The third-order valence-corrected chi connectivity index (χ3v) is 3.49. The van der Waals surface area contributed by atoms with E-state index in [9.17, 15) is 0 Å². The summed E-state index contributed by atoms with van der Waals surface area (Å²) in [5.74, 6) is 0.766. The van der Waals surface area contributed by atoms with Crippen molar-refractivity contribution in [3.63, 3.8) is 0 Å². The quantitative estimate of drug-likeness (QED) is 0.750. The van der Waals surface area contributed by atoms with Gasteiger partial charge in [-0.2, -0.15) is 0 Å². The van der Waals surface area contributed by atoms with E-state index in [1.165, 1.54) is 18.5 Å². The van der Waals surface area contributed by atoms with Crippen LogP contribution < -0.4 is 4.90 Å². The lowest BCUT2D eigenvalue weighted by atomic mass is 10.00. The maximum absolute atomic E-state index is 4.50. The average Bonchev–Trinajstić information content (AvgIpc) is 2.38. The lowest BCUT2D eigenvalue weighted by Crippen LogP contribution is -2.34. The van der Waals surface area contributed by atoms with Gasteiger partial charge in [0.1, 0.15) is 0 Å². The molecule has 3 nitrogen and oxygen atoms in total. The Kier molecular flexibility index (Phi) is 2.67. The van der Waals surface area contributed by atoms with E-state index in [0.717, 1.165) is 29.9 Å². The largest absolute Gasteiger partial charge is 0.368 e. The molecule has 0 bridgehead atoms. The van der Waals surface area contributed by atoms with Crippen LogP contribution in [0.5, 0.6) is 0 Å². The number of anilines is 1. The standard InChI is InChI=1S/C14H17N3/c1-11-4-3-7-17(10-11)13-9-15-8-12-5-2-6-16-14(12)13/h2,5-6,8-9,11H,3-4,7,10H2,1H3. The molecule has 3 heteroatoms. The number of fused-ring (bicyclic) bond motifs is 1. The zero-order valence-electron chi connectivity index (χ0n) is 10.1. The van der Waals surface area contributed by atoms with E-state index in [0.29, 0.717) is 0 Å². The Hall–Kier alpha value is -1.64. The predicted molar refractivity (Wildman–Crippen MR) is 70.1 cm³/mol. The fourth-order valence-corrected chi connectivity index (χ4v) is 2.62. The van der Waals surface area contributed by atoms with Gasteiger partial charge in [0.15, 0.2) is 0 Å². The third kappa shape index (κ3) is 1.97. The molecule has 0 aliphatic carbocycles. The summed E-state index contributed by atoms with van der Waals surface area (Å²) >= 11 is 0. The van der Waals surface area contributed by atoms with Crippen molar-refractivity contribution in [2.24, 2.45) is 5.92 Å². The average molecular weight is 227 g/mol. The van der Waals surface area contributed by atoms with Crippen molar-refractivity contribution in [3.8, 4) is 0 Å². The van der Waals surface area contributed by atoms with Crippen LogP contribution in [0.1, 0.15) is 19.8 Å². The van der Waals surface area contributed by atoms with Gasteiger partial charge in [0.2, 0.25) is 0 Å². The zero-order chi connectivity index (χ0) is 11.7. The van der Waals surface area contributed by atoms with E-state index < -0.39 is 0 Å². The second-order valence-corrected chi connectivity index (χ2v) is 4.93. The molecule has 1 aliphatic heterocycles. The molecule has 0 aromatic carbocycles. The molecule has 3 rings (SSSR count). The predicted octanol–water partition coefficient (Wildman–Crippen LogP) is 2.87. The van der Waals surface area contributed by atoms with Gasteiger partial charge in [-0.1, -0.05) is 6.92 Å². The zero-order valence-corrected chi connectivity index (χ0v) is 10.1. The Morgan fingerprint density at radius 2 is 2.29 bits per heavy atom. The van der Waals surface area contributed by atoms with Crippen LogP contribution in [0.25, 0.3) is 10.9 Å². The molecular weight excluding hydrogens is 210 g/mol. The van der Waals surface area contributed by atoms with E-state index in [4.69, 9.17) is 0 Å². The smallest absolute Gasteiger partial charge is 0.0966 e. The number of nitrogens with zero attached hydrogens (tertiary/aromatic N) is 3. The summed E-state index contributed by atoms with van der Waals surface area (Å²) in [5.41, 5.74) is 2.27. The Morgan fingerprint density at radius 1 is 1.35 bits per heavy atom. The van der Waals surface area contributed by atoms with Crippen molar-refractivity contribution >= 4 is 16.6 Å². The SMILES string of the molecule is CC1CCCN(c2cncc3cccnc23)C1. The fourth-order valence-electron chi connectivity index (χ4n) is 2.62. The van der Waals surface area contributed by atoms with Gasteiger partial charge in [0.25, 0.3) is 0 Å². The Balaban J connectivity index is 2.04. The van der Waals surface area contributed by atoms with Gasteiger partial charge < -0.3 is 4.90 Å². The second kappa shape index (κ2) is 4.32. The summed E-state index contributed by atoms with van der Waals surface area (Å²) in [4.78, 5) is 11.3. The van der Waals surface area contributed by atoms with E-state index >= 15 is 0 Å². The second-order valence-electron chi connectivity index (χ2n) is 4.93. The maximum Gasteiger partial charge on any atom is 0.0966 e. The molecule has 0 spiro atoms. The molecule has 0 amide bonds. The summed E-state index contributed by atoms with van der Waals surface area (Å²) in [7, 11) is 0. The van der Waals surface area contributed by atoms with Crippen LogP contribution in [0.4, 0.5) is 5.69 Å². The first kappa shape index (κ1) is 10.5. The maximum atomic E-state index is 4.50. The van der Waals surface area contributed by atoms with E-state index in [1.54, 1.807) is 0 Å². The van der Waals surface area contributed by atoms with Crippen LogP contribution in [0, 0.1) is 5.92 Å². The lowest BCUT2D eigenvalue weighted by molar-refractivity contribution is 0.447. The minimum Gasteiger partial charge on any atom is -0.368 e. The highest BCUT2D eigenvalue weighted by Crippen LogP contribution is 2.27. The van der Waals surface area contributed by atoms with E-state index in [2.05, 4.69) is 27.9 Å². The number of pyridine rings is 2. The van der Waals surface area contributed by atoms with Crippen LogP contribution in [0.3, 0.4) is 0 Å². The number of rotatable bonds is 1. The van der Waals surface area contributed by atoms with Crippen molar-refractivity contribution < 1.29 is 0 Å². The Bertz CT molecular complexity index is 518. The Morgan fingerprint density at radius 3 is 3.18 bits per heavy atom. The third-order valence-electron chi connectivity index (χ3n) is 3.49. The fraction of sp³-hybridized carbons (Fsp3) is 0.429. The molecule has 1 unspecified atom stereocenters. The molecule has 1 saturated heterocycles. The van der Waals surface area contributed by atoms with Crippen molar-refractivity contribution in [2.45, 2.75) is 19.8 Å². The van der Waals surface area contributed by atoms with Gasteiger partial charge >= 0.3 is 0 Å². The van der Waals surface area contributed by atoms with Crippen molar-refractivity contribution in [1.29, 1.82) is 0 Å². The number of piperidine rings is 1. The first-order chi connectivity index (χ1) is 8.34. The summed E-state index contributed by atoms with van der Waals surface area (Å²) < 4.78 is 0. The van der Waals surface area contributed by atoms with Gasteiger partial charge in [-0.15, -0.1) is 0 Å². The Labute approximate surface area is 101 Å². The van der Waals surface area contributed by atoms with Crippen LogP contribution in [0.2, 0.25) is 0 Å². The van der Waals surface area contributed by atoms with Gasteiger partial charge in [-0.25, -0.2) is 0 Å². The normalized spacial score (nSPS) is 20.8. The van der Waals surface area contributed by atoms with Crippen molar-refractivity contribution in [1.82, 2.24) is 9.97 Å². The lowest BCUT2D eigenvalue weighted by Gasteiger charge is -2.32. The van der Waals surface area contributed by atoms with Crippen molar-refractivity contribution in [3.05, 3.63) is 30.7 Å². The monoisotopic (exact) mass is 227 g/mol. The summed E-state index contributed by atoms with van der Waals surface area (Å²) in [5, 5.41) is 1.13. The molecular formula is C14H17N3. The molecule has 0 N–H and O–H groups in total. The van der Waals surface area contributed by atoms with Crippen LogP contribution in [-0.2, 0) is 0 Å². The number of aromatic nitrogens is 2. The number of hydrogen-bond donors (Lipinski definition) is 0. The highest BCUT2D eigenvalue weighted by atomic mass is 15.1. The molecule has 88 valence electrons. The first-order valence-electron chi connectivity index (χ1n) is 6.28. The highest BCUT2D eigenvalue weighted by Gasteiger charge is 2.18. The molecule has 1 aliphatic rings. The van der Waals surface area contributed by atoms with E-state index in [-0.39, 0.29) is 0 Å². The highest BCUT2D eigenvalue weighted by molar-refractivity contribution is 5.89. The first-order valence-corrected chi connectivity index (χ1v) is 6.28. The van der Waals surface area contributed by atoms with Gasteiger partial charge in [0, 0.05) is 30.9 Å². The molecule has 1 atom stereocenters. The molecule has 0 radical (unpaired) electrons. The minimum atomic E-state index is 0.766. The molecule has 2 aromatic heterocycles. The number of hydrogen-bond acceptors (Lipinski definition) is 3. The molecule has 3 heterocycles. The van der Waals surface area contributed by atoms with Crippen LogP contribution >= 0.6 is 0 Å².